The van der Waals surface area contributed by atoms with E-state index in [1.807, 2.05) is 0 Å². The third kappa shape index (κ3) is 4.35. The Kier molecular flexibility index (Phi) is 4.78. The zero-order valence-corrected chi connectivity index (χ0v) is 13.6. The lowest BCUT2D eigenvalue weighted by atomic mass is 10.2. The normalized spacial score (nSPS) is 14.8. The largest absolute Gasteiger partial charge is 0.462 e. The van der Waals surface area contributed by atoms with Crippen LogP contribution in [0.3, 0.4) is 0 Å². The maximum atomic E-state index is 11.9. The summed E-state index contributed by atoms with van der Waals surface area (Å²) in [7, 11) is 4.90. The zero-order chi connectivity index (χ0) is 15.6. The maximum absolute atomic E-state index is 11.9. The first-order chi connectivity index (χ1) is 9.79. The molecule has 1 aromatic rings. The molecule has 116 valence electrons. The summed E-state index contributed by atoms with van der Waals surface area (Å²) in [5.41, 5.74) is 0.621. The van der Waals surface area contributed by atoms with E-state index in [4.69, 9.17) is 15.4 Å². The van der Waals surface area contributed by atoms with Gasteiger partial charge in [0.2, 0.25) is 0 Å². The summed E-state index contributed by atoms with van der Waals surface area (Å²) in [6.45, 7) is 0.363. The molecule has 0 heterocycles. The summed E-state index contributed by atoms with van der Waals surface area (Å²) >= 11 is 0. The predicted octanol–water partition coefficient (Wildman–Crippen LogP) is 2.64. The number of nitrogens with zero attached hydrogens (tertiary/aromatic N) is 1. The molecule has 1 aromatic carbocycles. The van der Waals surface area contributed by atoms with Crippen molar-refractivity contribution in [3.05, 3.63) is 23.8 Å². The summed E-state index contributed by atoms with van der Waals surface area (Å²) < 4.78 is 28.4. The quantitative estimate of drug-likeness (QED) is 0.592. The number of ether oxygens (including phenoxy) is 1. The standard InChI is InChI=1S/C14H18ClNO4S/c1-16(2)12-6-5-11(9-13(12)21(15,18)19)14(17)20-8-7-10-3-4-10/h5-6,9-10H,3-4,7-8H2,1-2H3. The van der Waals surface area contributed by atoms with E-state index in [1.165, 1.54) is 18.9 Å². The molecule has 0 amide bonds. The minimum atomic E-state index is -3.94. The molecule has 2 rings (SSSR count). The highest BCUT2D eigenvalue weighted by atomic mass is 35.7. The Balaban J connectivity index is 2.17. The van der Waals surface area contributed by atoms with Crippen molar-refractivity contribution < 1.29 is 17.9 Å². The van der Waals surface area contributed by atoms with Crippen molar-refractivity contribution in [2.45, 2.75) is 24.2 Å². The summed E-state index contributed by atoms with van der Waals surface area (Å²) in [6.07, 6.45) is 3.26. The van der Waals surface area contributed by atoms with Gasteiger partial charge in [0.25, 0.3) is 9.05 Å². The number of halogens is 1. The van der Waals surface area contributed by atoms with Gasteiger partial charge in [0.15, 0.2) is 0 Å². The molecular weight excluding hydrogens is 314 g/mol. The van der Waals surface area contributed by atoms with Crippen LogP contribution in [0.15, 0.2) is 23.1 Å². The molecule has 21 heavy (non-hydrogen) atoms. The molecule has 1 saturated carbocycles. The van der Waals surface area contributed by atoms with Crippen molar-refractivity contribution in [3.8, 4) is 0 Å². The molecule has 0 atom stereocenters. The van der Waals surface area contributed by atoms with Crippen LogP contribution >= 0.6 is 10.7 Å². The summed E-state index contributed by atoms with van der Waals surface area (Å²) in [6, 6.07) is 4.35. The van der Waals surface area contributed by atoms with E-state index in [-0.39, 0.29) is 10.5 Å². The van der Waals surface area contributed by atoms with E-state index in [9.17, 15) is 13.2 Å². The van der Waals surface area contributed by atoms with E-state index in [0.717, 1.165) is 6.42 Å². The van der Waals surface area contributed by atoms with Crippen LogP contribution in [0.2, 0.25) is 0 Å². The van der Waals surface area contributed by atoms with Crippen molar-refractivity contribution in [2.75, 3.05) is 25.6 Å². The van der Waals surface area contributed by atoms with E-state index < -0.39 is 15.0 Å². The van der Waals surface area contributed by atoms with E-state index in [1.54, 1.807) is 31.1 Å². The summed E-state index contributed by atoms with van der Waals surface area (Å²) in [5.74, 6) is 0.148. The molecule has 5 nitrogen and oxygen atoms in total. The predicted molar refractivity (Wildman–Crippen MR) is 81.4 cm³/mol. The first-order valence-electron chi connectivity index (χ1n) is 6.72. The van der Waals surface area contributed by atoms with E-state index >= 15 is 0 Å². The van der Waals surface area contributed by atoms with E-state index in [0.29, 0.717) is 18.2 Å². The molecule has 7 heteroatoms. The Morgan fingerprint density at radius 2 is 2.05 bits per heavy atom. The lowest BCUT2D eigenvalue weighted by Crippen LogP contribution is -2.14. The number of anilines is 1. The second-order valence-electron chi connectivity index (χ2n) is 5.38. The molecule has 0 bridgehead atoms. The molecule has 1 fully saturated rings. The fraction of sp³-hybridized carbons (Fsp3) is 0.500. The summed E-state index contributed by atoms with van der Waals surface area (Å²) in [4.78, 5) is 13.5. The average Bonchev–Trinajstić information content (AvgIpc) is 3.21. The van der Waals surface area contributed by atoms with Crippen LogP contribution in [-0.4, -0.2) is 35.1 Å². The van der Waals surface area contributed by atoms with Crippen molar-refractivity contribution in [1.82, 2.24) is 0 Å². The fourth-order valence-electron chi connectivity index (χ4n) is 2.01. The number of hydrogen-bond donors (Lipinski definition) is 0. The molecule has 0 spiro atoms. The third-order valence-electron chi connectivity index (χ3n) is 3.40. The lowest BCUT2D eigenvalue weighted by Gasteiger charge is -2.16. The van der Waals surface area contributed by atoms with Gasteiger partial charge >= 0.3 is 5.97 Å². The molecule has 1 aliphatic carbocycles. The van der Waals surface area contributed by atoms with Crippen LogP contribution in [0.5, 0.6) is 0 Å². The number of carbonyl (C=O) groups is 1. The van der Waals surface area contributed by atoms with Crippen LogP contribution in [-0.2, 0) is 13.8 Å². The number of benzene rings is 1. The minimum absolute atomic E-state index is 0.0918. The zero-order valence-electron chi connectivity index (χ0n) is 12.0. The van der Waals surface area contributed by atoms with Gasteiger partial charge in [-0.05, 0) is 30.5 Å². The molecule has 1 aliphatic rings. The second kappa shape index (κ2) is 6.23. The SMILES string of the molecule is CN(C)c1ccc(C(=O)OCCC2CC2)cc1S(=O)(=O)Cl. The third-order valence-corrected chi connectivity index (χ3v) is 4.75. The first kappa shape index (κ1) is 16.1. The van der Waals surface area contributed by atoms with Gasteiger partial charge in [-0.1, -0.05) is 12.8 Å². The number of hydrogen-bond acceptors (Lipinski definition) is 5. The van der Waals surface area contributed by atoms with Gasteiger partial charge in [0.05, 0.1) is 17.9 Å². The smallest absolute Gasteiger partial charge is 0.338 e. The van der Waals surface area contributed by atoms with Crippen LogP contribution in [0.25, 0.3) is 0 Å². The Bertz CT molecular complexity index is 638. The van der Waals surface area contributed by atoms with Gasteiger partial charge in [-0.2, -0.15) is 0 Å². The molecule has 0 N–H and O–H groups in total. The van der Waals surface area contributed by atoms with Crippen molar-refractivity contribution in [2.24, 2.45) is 5.92 Å². The van der Waals surface area contributed by atoms with Gasteiger partial charge in [0.1, 0.15) is 4.90 Å². The molecule has 0 unspecified atom stereocenters. The monoisotopic (exact) mass is 331 g/mol. The van der Waals surface area contributed by atoms with E-state index in [2.05, 4.69) is 0 Å². The van der Waals surface area contributed by atoms with Crippen LogP contribution in [0.4, 0.5) is 5.69 Å². The Morgan fingerprint density at radius 1 is 1.38 bits per heavy atom. The first-order valence-corrected chi connectivity index (χ1v) is 9.03. The highest BCUT2D eigenvalue weighted by Gasteiger charge is 2.23. The number of rotatable bonds is 6. The molecule has 0 aromatic heterocycles. The summed E-state index contributed by atoms with van der Waals surface area (Å²) in [5, 5.41) is 0. The van der Waals surface area contributed by atoms with Gasteiger partial charge in [-0.15, -0.1) is 0 Å². The number of carbonyl (C=O) groups excluding carboxylic acids is 1. The van der Waals surface area contributed by atoms with Gasteiger partial charge in [-0.3, -0.25) is 0 Å². The van der Waals surface area contributed by atoms with Gasteiger partial charge in [0, 0.05) is 24.8 Å². The molecule has 0 saturated heterocycles. The Morgan fingerprint density at radius 3 is 2.57 bits per heavy atom. The topological polar surface area (TPSA) is 63.7 Å². The fourth-order valence-corrected chi connectivity index (χ4v) is 3.15. The van der Waals surface area contributed by atoms with Gasteiger partial charge in [-0.25, -0.2) is 13.2 Å². The van der Waals surface area contributed by atoms with Crippen molar-refractivity contribution in [1.29, 1.82) is 0 Å². The van der Waals surface area contributed by atoms with Crippen LogP contribution in [0, 0.1) is 5.92 Å². The van der Waals surface area contributed by atoms with Crippen molar-refractivity contribution in [3.63, 3.8) is 0 Å². The second-order valence-corrected chi connectivity index (χ2v) is 7.92. The Hall–Kier alpha value is -1.27. The highest BCUT2D eigenvalue weighted by Crippen LogP contribution is 2.32. The Labute approximate surface area is 129 Å². The lowest BCUT2D eigenvalue weighted by molar-refractivity contribution is 0.0494. The highest BCUT2D eigenvalue weighted by molar-refractivity contribution is 8.13. The molecule has 0 radical (unpaired) electrons. The van der Waals surface area contributed by atoms with Gasteiger partial charge < -0.3 is 9.64 Å². The minimum Gasteiger partial charge on any atom is -0.462 e. The average molecular weight is 332 g/mol. The number of esters is 1. The van der Waals surface area contributed by atoms with Crippen molar-refractivity contribution >= 4 is 31.4 Å². The molecular formula is C14H18ClNO4S. The molecule has 0 aliphatic heterocycles. The van der Waals surface area contributed by atoms with Crippen LogP contribution < -0.4 is 4.90 Å². The van der Waals surface area contributed by atoms with Crippen LogP contribution in [0.1, 0.15) is 29.6 Å². The maximum Gasteiger partial charge on any atom is 0.338 e.